The summed E-state index contributed by atoms with van der Waals surface area (Å²) >= 11 is 1.23. The summed E-state index contributed by atoms with van der Waals surface area (Å²) in [4.78, 5) is 24.3. The minimum atomic E-state index is -3.48. The van der Waals surface area contributed by atoms with Gasteiger partial charge in [-0.05, 0) is 43.7 Å². The zero-order chi connectivity index (χ0) is 22.3. The number of thioether (sulfide) groups is 1. The maximum absolute atomic E-state index is 12.2. The molecule has 0 saturated heterocycles. The van der Waals surface area contributed by atoms with E-state index in [-0.39, 0.29) is 34.3 Å². The number of hydrogen-bond acceptors (Lipinski definition) is 5. The van der Waals surface area contributed by atoms with Gasteiger partial charge in [0, 0.05) is 19.8 Å². The number of rotatable bonds is 9. The molecule has 2 N–H and O–H groups in total. The van der Waals surface area contributed by atoms with Crippen LogP contribution in [-0.2, 0) is 19.6 Å². The molecule has 30 heavy (non-hydrogen) atoms. The molecule has 0 aliphatic heterocycles. The summed E-state index contributed by atoms with van der Waals surface area (Å²) in [6.07, 6.45) is 0. The van der Waals surface area contributed by atoms with Gasteiger partial charge in [-0.15, -0.1) is 11.8 Å². The second-order valence-electron chi connectivity index (χ2n) is 7.05. The molecule has 1 unspecified atom stereocenters. The molecule has 0 saturated carbocycles. The van der Waals surface area contributed by atoms with Crippen molar-refractivity contribution < 1.29 is 18.0 Å². The molecule has 0 aromatic heterocycles. The summed E-state index contributed by atoms with van der Waals surface area (Å²) < 4.78 is 25.4. The van der Waals surface area contributed by atoms with Crippen molar-refractivity contribution in [3.05, 3.63) is 59.7 Å². The van der Waals surface area contributed by atoms with Gasteiger partial charge >= 0.3 is 0 Å². The molecule has 0 aliphatic carbocycles. The summed E-state index contributed by atoms with van der Waals surface area (Å²) in [6, 6.07) is 13.6. The number of aryl methyl sites for hydroxylation is 1. The Kier molecular flexibility index (Phi) is 8.45. The van der Waals surface area contributed by atoms with E-state index in [0.29, 0.717) is 0 Å². The van der Waals surface area contributed by atoms with E-state index in [9.17, 15) is 18.0 Å². The number of benzene rings is 2. The standard InChI is InChI=1S/C21H27N3O4S2/c1-15-5-9-18(10-6-15)23-21(26)14-29-13-20(25)22-16(2)17-7-11-19(12-8-17)30(27,28)24(3)4/h5-12,16H,13-14H2,1-4H3,(H,22,25)(H,23,26). The maximum atomic E-state index is 12.2. The number of sulfonamides is 1. The summed E-state index contributed by atoms with van der Waals surface area (Å²) in [5.74, 6) is -0.0334. The molecule has 0 spiro atoms. The average molecular weight is 450 g/mol. The molecule has 9 heteroatoms. The molecule has 0 bridgehead atoms. The Labute approximate surface area is 182 Å². The third-order valence-corrected chi connectivity index (χ3v) is 7.10. The molecule has 0 fully saturated rings. The molecule has 7 nitrogen and oxygen atoms in total. The van der Waals surface area contributed by atoms with Gasteiger partial charge < -0.3 is 10.6 Å². The fraction of sp³-hybridized carbons (Fsp3) is 0.333. The molecule has 2 aromatic carbocycles. The van der Waals surface area contributed by atoms with Crippen molar-refractivity contribution in [3.63, 3.8) is 0 Å². The van der Waals surface area contributed by atoms with Crippen LogP contribution in [0.2, 0.25) is 0 Å². The molecule has 2 amide bonds. The minimum Gasteiger partial charge on any atom is -0.349 e. The van der Waals surface area contributed by atoms with Gasteiger partial charge in [0.05, 0.1) is 22.4 Å². The lowest BCUT2D eigenvalue weighted by Crippen LogP contribution is -2.29. The van der Waals surface area contributed by atoms with Crippen LogP contribution in [0, 0.1) is 6.92 Å². The lowest BCUT2D eigenvalue weighted by atomic mass is 10.1. The fourth-order valence-corrected chi connectivity index (χ4v) is 4.11. The highest BCUT2D eigenvalue weighted by Crippen LogP contribution is 2.18. The second kappa shape index (κ2) is 10.6. The Balaban J connectivity index is 1.79. The summed E-state index contributed by atoms with van der Waals surface area (Å²) in [5, 5.41) is 5.65. The predicted octanol–water partition coefficient (Wildman–Crippen LogP) is 2.79. The van der Waals surface area contributed by atoms with Crippen LogP contribution < -0.4 is 10.6 Å². The number of nitrogens with one attached hydrogen (secondary N) is 2. The van der Waals surface area contributed by atoms with E-state index in [1.807, 2.05) is 38.1 Å². The zero-order valence-corrected chi connectivity index (χ0v) is 19.1. The van der Waals surface area contributed by atoms with Gasteiger partial charge in [0.25, 0.3) is 0 Å². The molecule has 162 valence electrons. The van der Waals surface area contributed by atoms with Gasteiger partial charge in [0.2, 0.25) is 21.8 Å². The molecular formula is C21H27N3O4S2. The van der Waals surface area contributed by atoms with E-state index >= 15 is 0 Å². The van der Waals surface area contributed by atoms with E-state index in [4.69, 9.17) is 0 Å². The highest BCUT2D eigenvalue weighted by molar-refractivity contribution is 8.00. The van der Waals surface area contributed by atoms with E-state index in [1.54, 1.807) is 12.1 Å². The smallest absolute Gasteiger partial charge is 0.242 e. The predicted molar refractivity (Wildman–Crippen MR) is 121 cm³/mol. The van der Waals surface area contributed by atoms with E-state index < -0.39 is 10.0 Å². The van der Waals surface area contributed by atoms with Gasteiger partial charge in [-0.25, -0.2) is 12.7 Å². The van der Waals surface area contributed by atoms with Gasteiger partial charge in [-0.2, -0.15) is 0 Å². The topological polar surface area (TPSA) is 95.6 Å². The molecule has 0 heterocycles. The Morgan fingerprint density at radius 2 is 1.53 bits per heavy atom. The normalized spacial score (nSPS) is 12.4. The molecule has 2 rings (SSSR count). The number of carbonyl (C=O) groups excluding carboxylic acids is 2. The van der Waals surface area contributed by atoms with Crippen LogP contribution in [0.1, 0.15) is 24.1 Å². The first kappa shape index (κ1) is 23.9. The SMILES string of the molecule is Cc1ccc(NC(=O)CSCC(=O)NC(C)c2ccc(S(=O)(=O)N(C)C)cc2)cc1. The van der Waals surface area contributed by atoms with Crippen molar-refractivity contribution >= 4 is 39.3 Å². The first-order chi connectivity index (χ1) is 14.1. The molecule has 0 aliphatic rings. The van der Waals surface area contributed by atoms with Gasteiger partial charge in [-0.1, -0.05) is 29.8 Å². The lowest BCUT2D eigenvalue weighted by Gasteiger charge is -2.16. The van der Waals surface area contributed by atoms with Crippen molar-refractivity contribution in [1.29, 1.82) is 0 Å². The highest BCUT2D eigenvalue weighted by Gasteiger charge is 2.18. The van der Waals surface area contributed by atoms with Gasteiger partial charge in [0.15, 0.2) is 0 Å². The van der Waals surface area contributed by atoms with E-state index in [0.717, 1.165) is 21.1 Å². The van der Waals surface area contributed by atoms with Crippen LogP contribution in [0.3, 0.4) is 0 Å². The fourth-order valence-electron chi connectivity index (χ4n) is 2.58. The maximum Gasteiger partial charge on any atom is 0.242 e. The monoisotopic (exact) mass is 449 g/mol. The largest absolute Gasteiger partial charge is 0.349 e. The first-order valence-electron chi connectivity index (χ1n) is 9.35. The van der Waals surface area contributed by atoms with Crippen LogP contribution in [0.5, 0.6) is 0 Å². The molecular weight excluding hydrogens is 422 g/mol. The zero-order valence-electron chi connectivity index (χ0n) is 17.5. The van der Waals surface area contributed by atoms with E-state index in [2.05, 4.69) is 10.6 Å². The Hall–Kier alpha value is -2.36. The Bertz CT molecular complexity index is 972. The second-order valence-corrected chi connectivity index (χ2v) is 10.2. The third-order valence-electron chi connectivity index (χ3n) is 4.34. The average Bonchev–Trinajstić information content (AvgIpc) is 2.69. The van der Waals surface area contributed by atoms with Crippen molar-refractivity contribution in [2.45, 2.75) is 24.8 Å². The molecule has 0 radical (unpaired) electrons. The van der Waals surface area contributed by atoms with Crippen LogP contribution in [0.4, 0.5) is 5.69 Å². The summed E-state index contributed by atoms with van der Waals surface area (Å²) in [7, 11) is -0.529. The van der Waals surface area contributed by atoms with Crippen molar-refractivity contribution in [1.82, 2.24) is 9.62 Å². The lowest BCUT2D eigenvalue weighted by molar-refractivity contribution is -0.119. The quantitative estimate of drug-likeness (QED) is 0.614. The first-order valence-corrected chi connectivity index (χ1v) is 11.9. The number of nitrogens with zero attached hydrogens (tertiary/aromatic N) is 1. The molecule has 1 atom stereocenters. The Morgan fingerprint density at radius 1 is 0.967 bits per heavy atom. The van der Waals surface area contributed by atoms with Crippen molar-refractivity contribution in [3.8, 4) is 0 Å². The highest BCUT2D eigenvalue weighted by atomic mass is 32.2. The number of anilines is 1. The van der Waals surface area contributed by atoms with Crippen LogP contribution in [-0.4, -0.2) is 50.1 Å². The third kappa shape index (κ3) is 6.86. The van der Waals surface area contributed by atoms with Gasteiger partial charge in [-0.3, -0.25) is 9.59 Å². The number of carbonyl (C=O) groups is 2. The number of amides is 2. The van der Waals surface area contributed by atoms with Crippen LogP contribution in [0.15, 0.2) is 53.4 Å². The van der Waals surface area contributed by atoms with Crippen LogP contribution >= 0.6 is 11.8 Å². The van der Waals surface area contributed by atoms with E-state index in [1.165, 1.54) is 38.0 Å². The summed E-state index contributed by atoms with van der Waals surface area (Å²) in [5.41, 5.74) is 2.63. The van der Waals surface area contributed by atoms with Gasteiger partial charge in [0.1, 0.15) is 0 Å². The number of hydrogen-bond donors (Lipinski definition) is 2. The van der Waals surface area contributed by atoms with Crippen molar-refractivity contribution in [2.75, 3.05) is 30.9 Å². The molecule has 2 aromatic rings. The minimum absolute atomic E-state index is 0.152. The Morgan fingerprint density at radius 3 is 2.10 bits per heavy atom. The van der Waals surface area contributed by atoms with Crippen molar-refractivity contribution in [2.24, 2.45) is 0 Å². The van der Waals surface area contributed by atoms with Crippen LogP contribution in [0.25, 0.3) is 0 Å². The summed E-state index contributed by atoms with van der Waals surface area (Å²) in [6.45, 7) is 3.79.